The molecule has 138 valence electrons. The number of nitrogens with one attached hydrogen (secondary N) is 1. The van der Waals surface area contributed by atoms with E-state index in [4.69, 9.17) is 14.2 Å². The molecule has 0 saturated heterocycles. The molecule has 3 aromatic carbocycles. The Bertz CT molecular complexity index is 1000. The molecule has 1 N–H and O–H groups in total. The lowest BCUT2D eigenvalue weighted by Crippen LogP contribution is -2.30. The van der Waals surface area contributed by atoms with Crippen LogP contribution in [0.5, 0.6) is 17.2 Å². The molecular formula is C21H18BrNO4. The largest absolute Gasteiger partial charge is 0.486 e. The van der Waals surface area contributed by atoms with Gasteiger partial charge in [0.05, 0.1) is 4.47 Å². The number of halogens is 1. The number of anilines is 1. The first-order valence-corrected chi connectivity index (χ1v) is 9.45. The lowest BCUT2D eigenvalue weighted by molar-refractivity contribution is -0.122. The van der Waals surface area contributed by atoms with Crippen molar-refractivity contribution in [2.45, 2.75) is 13.0 Å². The Kier molecular flexibility index (Phi) is 4.90. The number of carbonyl (C=O) groups is 1. The summed E-state index contributed by atoms with van der Waals surface area (Å²) < 4.78 is 17.8. The van der Waals surface area contributed by atoms with Gasteiger partial charge in [0.15, 0.2) is 17.6 Å². The SMILES string of the molecule is CC(Oc1ccc2ccccc2c1Br)C(=O)Nc1ccc2c(c1)OCCO2. The number of benzene rings is 3. The van der Waals surface area contributed by atoms with Gasteiger partial charge in [0.25, 0.3) is 5.91 Å². The molecule has 1 atom stereocenters. The quantitative estimate of drug-likeness (QED) is 0.650. The molecule has 1 heterocycles. The summed E-state index contributed by atoms with van der Waals surface area (Å²) in [4.78, 5) is 12.5. The fourth-order valence-corrected chi connectivity index (χ4v) is 3.50. The van der Waals surface area contributed by atoms with E-state index in [1.54, 1.807) is 25.1 Å². The Morgan fingerprint density at radius 2 is 1.85 bits per heavy atom. The average Bonchev–Trinajstić information content (AvgIpc) is 2.70. The third-order valence-electron chi connectivity index (χ3n) is 4.31. The molecule has 4 rings (SSSR count). The van der Waals surface area contributed by atoms with Crippen LogP contribution in [-0.2, 0) is 4.79 Å². The van der Waals surface area contributed by atoms with Crippen LogP contribution in [0, 0.1) is 0 Å². The minimum Gasteiger partial charge on any atom is -0.486 e. The van der Waals surface area contributed by atoms with Gasteiger partial charge in [-0.25, -0.2) is 0 Å². The maximum atomic E-state index is 12.5. The van der Waals surface area contributed by atoms with Gasteiger partial charge in [0.1, 0.15) is 19.0 Å². The molecule has 1 aliphatic heterocycles. The number of fused-ring (bicyclic) bond motifs is 2. The summed E-state index contributed by atoms with van der Waals surface area (Å²) in [7, 11) is 0. The maximum absolute atomic E-state index is 12.5. The first kappa shape index (κ1) is 17.7. The van der Waals surface area contributed by atoms with Crippen molar-refractivity contribution in [2.24, 2.45) is 0 Å². The summed E-state index contributed by atoms with van der Waals surface area (Å²) in [6.07, 6.45) is -0.671. The van der Waals surface area contributed by atoms with Crippen LogP contribution < -0.4 is 19.5 Å². The van der Waals surface area contributed by atoms with Gasteiger partial charge >= 0.3 is 0 Å². The predicted octanol–water partition coefficient (Wildman–Crippen LogP) is 4.78. The Morgan fingerprint density at radius 1 is 1.07 bits per heavy atom. The average molecular weight is 428 g/mol. The molecule has 0 fully saturated rings. The first-order chi connectivity index (χ1) is 13.1. The fourth-order valence-electron chi connectivity index (χ4n) is 2.91. The molecule has 0 aliphatic carbocycles. The number of rotatable bonds is 4. The third-order valence-corrected chi connectivity index (χ3v) is 5.13. The second-order valence-electron chi connectivity index (χ2n) is 6.21. The van der Waals surface area contributed by atoms with E-state index in [-0.39, 0.29) is 5.91 Å². The van der Waals surface area contributed by atoms with Crippen LogP contribution in [0.4, 0.5) is 5.69 Å². The number of carbonyl (C=O) groups excluding carboxylic acids is 1. The zero-order valence-corrected chi connectivity index (χ0v) is 16.3. The standard InChI is InChI=1S/C21H18BrNO4/c1-13(27-18-8-6-14-4-2-3-5-16(14)20(18)22)21(24)23-15-7-9-17-19(12-15)26-11-10-25-17/h2-9,12-13H,10-11H2,1H3,(H,23,24). The van der Waals surface area contributed by atoms with Gasteiger partial charge in [0, 0.05) is 11.8 Å². The highest BCUT2D eigenvalue weighted by atomic mass is 79.9. The van der Waals surface area contributed by atoms with E-state index in [2.05, 4.69) is 21.2 Å². The minimum absolute atomic E-state index is 0.244. The van der Waals surface area contributed by atoms with Crippen molar-refractivity contribution >= 4 is 38.3 Å². The summed E-state index contributed by atoms with van der Waals surface area (Å²) in [6.45, 7) is 2.75. The van der Waals surface area contributed by atoms with Crippen molar-refractivity contribution in [3.05, 3.63) is 59.1 Å². The first-order valence-electron chi connectivity index (χ1n) is 8.66. The molecule has 5 nitrogen and oxygen atoms in total. The fraction of sp³-hybridized carbons (Fsp3) is 0.190. The summed E-state index contributed by atoms with van der Waals surface area (Å²) in [5.74, 6) is 1.69. The molecule has 3 aromatic rings. The molecule has 0 saturated carbocycles. The van der Waals surface area contributed by atoms with Gasteiger partial charge in [0.2, 0.25) is 0 Å². The van der Waals surface area contributed by atoms with Gasteiger partial charge in [-0.1, -0.05) is 30.3 Å². The second-order valence-corrected chi connectivity index (χ2v) is 7.00. The van der Waals surface area contributed by atoms with Crippen LogP contribution in [0.15, 0.2) is 59.1 Å². The van der Waals surface area contributed by atoms with Gasteiger partial charge in [-0.3, -0.25) is 4.79 Å². The molecule has 27 heavy (non-hydrogen) atoms. The van der Waals surface area contributed by atoms with E-state index in [0.717, 1.165) is 15.2 Å². The van der Waals surface area contributed by atoms with Crippen LogP contribution in [0.25, 0.3) is 10.8 Å². The number of ether oxygens (including phenoxy) is 3. The van der Waals surface area contributed by atoms with E-state index < -0.39 is 6.10 Å². The summed E-state index contributed by atoms with van der Waals surface area (Å²) >= 11 is 3.58. The second kappa shape index (κ2) is 7.48. The molecule has 1 amide bonds. The van der Waals surface area contributed by atoms with Crippen molar-refractivity contribution in [2.75, 3.05) is 18.5 Å². The summed E-state index contributed by atoms with van der Waals surface area (Å²) in [6, 6.07) is 17.1. The monoisotopic (exact) mass is 427 g/mol. The molecule has 1 aliphatic rings. The normalized spacial score (nSPS) is 13.9. The van der Waals surface area contributed by atoms with Crippen molar-refractivity contribution in [1.82, 2.24) is 0 Å². The molecule has 0 aromatic heterocycles. The zero-order valence-electron chi connectivity index (χ0n) is 14.7. The minimum atomic E-state index is -0.671. The molecule has 1 unspecified atom stereocenters. The third kappa shape index (κ3) is 3.71. The smallest absolute Gasteiger partial charge is 0.265 e. The highest BCUT2D eigenvalue weighted by Gasteiger charge is 2.19. The number of amides is 1. The van der Waals surface area contributed by atoms with Crippen LogP contribution in [0.1, 0.15) is 6.92 Å². The van der Waals surface area contributed by atoms with Crippen LogP contribution in [0.2, 0.25) is 0 Å². The lowest BCUT2D eigenvalue weighted by Gasteiger charge is -2.20. The van der Waals surface area contributed by atoms with E-state index in [9.17, 15) is 4.79 Å². The highest BCUT2D eigenvalue weighted by Crippen LogP contribution is 2.34. The molecule has 0 bridgehead atoms. The van der Waals surface area contributed by atoms with Gasteiger partial charge < -0.3 is 19.5 Å². The van der Waals surface area contributed by atoms with Crippen LogP contribution >= 0.6 is 15.9 Å². The number of hydrogen-bond acceptors (Lipinski definition) is 4. The zero-order chi connectivity index (χ0) is 18.8. The molecule has 0 spiro atoms. The van der Waals surface area contributed by atoms with Crippen molar-refractivity contribution in [1.29, 1.82) is 0 Å². The summed E-state index contributed by atoms with van der Waals surface area (Å²) in [5, 5.41) is 4.99. The van der Waals surface area contributed by atoms with Crippen molar-refractivity contribution < 1.29 is 19.0 Å². The maximum Gasteiger partial charge on any atom is 0.265 e. The van der Waals surface area contributed by atoms with E-state index in [1.807, 2.05) is 36.4 Å². The van der Waals surface area contributed by atoms with Gasteiger partial charge in [-0.05, 0) is 51.8 Å². The number of hydrogen-bond donors (Lipinski definition) is 1. The molecule has 6 heteroatoms. The Balaban J connectivity index is 1.47. The highest BCUT2D eigenvalue weighted by molar-refractivity contribution is 9.10. The van der Waals surface area contributed by atoms with E-state index in [1.165, 1.54) is 0 Å². The van der Waals surface area contributed by atoms with Gasteiger partial charge in [-0.2, -0.15) is 0 Å². The van der Waals surface area contributed by atoms with Gasteiger partial charge in [-0.15, -0.1) is 0 Å². The van der Waals surface area contributed by atoms with E-state index >= 15 is 0 Å². The van der Waals surface area contributed by atoms with Crippen molar-refractivity contribution in [3.63, 3.8) is 0 Å². The van der Waals surface area contributed by atoms with E-state index in [0.29, 0.717) is 36.1 Å². The topological polar surface area (TPSA) is 56.8 Å². The molecular weight excluding hydrogens is 410 g/mol. The van der Waals surface area contributed by atoms with Crippen molar-refractivity contribution in [3.8, 4) is 17.2 Å². The Hall–Kier alpha value is -2.73. The van der Waals surface area contributed by atoms with Crippen LogP contribution in [-0.4, -0.2) is 25.2 Å². The Labute approximate surface area is 165 Å². The Morgan fingerprint density at radius 3 is 2.70 bits per heavy atom. The predicted molar refractivity (Wildman–Crippen MR) is 108 cm³/mol. The molecule has 0 radical (unpaired) electrons. The summed E-state index contributed by atoms with van der Waals surface area (Å²) in [5.41, 5.74) is 0.636. The van der Waals surface area contributed by atoms with Crippen LogP contribution in [0.3, 0.4) is 0 Å². The lowest BCUT2D eigenvalue weighted by atomic mass is 10.1.